The van der Waals surface area contributed by atoms with Gasteiger partial charge in [-0.25, -0.2) is 4.39 Å². The number of pyridine rings is 1. The molecule has 21 heavy (non-hydrogen) atoms. The highest BCUT2D eigenvalue weighted by Crippen LogP contribution is 2.16. The van der Waals surface area contributed by atoms with Crippen molar-refractivity contribution in [3.05, 3.63) is 77.9 Å². The molecule has 0 unspecified atom stereocenters. The highest BCUT2D eigenvalue weighted by molar-refractivity contribution is 6.05. The number of nitrogens with zero attached hydrogens (tertiary/aromatic N) is 1. The molecule has 4 heteroatoms. The number of benzene rings is 2. The topological polar surface area (TPSA) is 42.0 Å². The fourth-order valence-corrected chi connectivity index (χ4v) is 2.20. The number of aromatic nitrogens is 1. The smallest absolute Gasteiger partial charge is 0.270 e. The van der Waals surface area contributed by atoms with E-state index in [-0.39, 0.29) is 18.3 Å². The lowest BCUT2D eigenvalue weighted by atomic mass is 10.1. The van der Waals surface area contributed by atoms with E-state index in [1.165, 1.54) is 6.07 Å². The van der Waals surface area contributed by atoms with Crippen molar-refractivity contribution in [1.29, 1.82) is 0 Å². The summed E-state index contributed by atoms with van der Waals surface area (Å²) in [6.45, 7) is 0.135. The molecule has 3 aromatic rings. The van der Waals surface area contributed by atoms with Gasteiger partial charge in [0.05, 0.1) is 0 Å². The summed E-state index contributed by atoms with van der Waals surface area (Å²) < 4.78 is 13.5. The van der Waals surface area contributed by atoms with Crippen LogP contribution in [0.4, 0.5) is 4.39 Å². The zero-order valence-corrected chi connectivity index (χ0v) is 11.2. The van der Waals surface area contributed by atoms with Crippen molar-refractivity contribution < 1.29 is 9.18 Å². The van der Waals surface area contributed by atoms with Gasteiger partial charge in [0.25, 0.3) is 5.91 Å². The van der Waals surface area contributed by atoms with Crippen molar-refractivity contribution in [3.63, 3.8) is 0 Å². The highest BCUT2D eigenvalue weighted by atomic mass is 19.1. The minimum atomic E-state index is -0.330. The number of hydrogen-bond donors (Lipinski definition) is 1. The van der Waals surface area contributed by atoms with Gasteiger partial charge in [-0.15, -0.1) is 0 Å². The molecule has 104 valence electrons. The van der Waals surface area contributed by atoms with E-state index in [2.05, 4.69) is 10.3 Å². The Balaban J connectivity index is 1.83. The van der Waals surface area contributed by atoms with Gasteiger partial charge >= 0.3 is 0 Å². The van der Waals surface area contributed by atoms with Crippen molar-refractivity contribution in [2.75, 3.05) is 0 Å². The summed E-state index contributed by atoms with van der Waals surface area (Å²) in [6.07, 6.45) is 1.60. The van der Waals surface area contributed by atoms with E-state index in [9.17, 15) is 9.18 Å². The zero-order chi connectivity index (χ0) is 14.7. The number of carbonyl (C=O) groups excluding carboxylic acids is 1. The van der Waals surface area contributed by atoms with E-state index in [0.29, 0.717) is 11.3 Å². The lowest BCUT2D eigenvalue weighted by molar-refractivity contribution is 0.0947. The summed E-state index contributed by atoms with van der Waals surface area (Å²) >= 11 is 0. The Morgan fingerprint density at radius 1 is 1.05 bits per heavy atom. The molecule has 1 N–H and O–H groups in total. The summed E-state index contributed by atoms with van der Waals surface area (Å²) in [6, 6.07) is 15.8. The van der Waals surface area contributed by atoms with E-state index in [1.807, 2.05) is 30.3 Å². The van der Waals surface area contributed by atoms with Crippen LogP contribution in [0.25, 0.3) is 10.8 Å². The number of fused-ring (bicyclic) bond motifs is 1. The number of amides is 1. The van der Waals surface area contributed by atoms with Crippen LogP contribution in [0, 0.1) is 5.82 Å². The van der Waals surface area contributed by atoms with Crippen LogP contribution >= 0.6 is 0 Å². The lowest BCUT2D eigenvalue weighted by Crippen LogP contribution is -2.24. The number of rotatable bonds is 3. The molecule has 0 aliphatic carbocycles. The quantitative estimate of drug-likeness (QED) is 0.799. The fraction of sp³-hybridized carbons (Fsp3) is 0.0588. The monoisotopic (exact) mass is 280 g/mol. The van der Waals surface area contributed by atoms with Gasteiger partial charge in [0.2, 0.25) is 0 Å². The largest absolute Gasteiger partial charge is 0.346 e. The maximum absolute atomic E-state index is 13.5. The summed E-state index contributed by atoms with van der Waals surface area (Å²) in [5.41, 5.74) is 0.801. The molecule has 1 heterocycles. The van der Waals surface area contributed by atoms with Gasteiger partial charge in [-0.2, -0.15) is 0 Å². The third-order valence-corrected chi connectivity index (χ3v) is 3.29. The molecule has 3 rings (SSSR count). The van der Waals surface area contributed by atoms with Crippen LogP contribution < -0.4 is 5.32 Å². The minimum Gasteiger partial charge on any atom is -0.346 e. The van der Waals surface area contributed by atoms with E-state index in [0.717, 1.165) is 10.8 Å². The van der Waals surface area contributed by atoms with Crippen LogP contribution in [-0.2, 0) is 6.54 Å². The molecule has 0 radical (unpaired) electrons. The normalized spacial score (nSPS) is 10.5. The molecule has 3 nitrogen and oxygen atoms in total. The SMILES string of the molecule is O=C(NCc1ccccc1F)c1nccc2ccccc12. The van der Waals surface area contributed by atoms with Crippen LogP contribution in [0.3, 0.4) is 0 Å². The fourth-order valence-electron chi connectivity index (χ4n) is 2.20. The average Bonchev–Trinajstić information content (AvgIpc) is 2.53. The lowest BCUT2D eigenvalue weighted by Gasteiger charge is -2.08. The van der Waals surface area contributed by atoms with Crippen molar-refractivity contribution >= 4 is 16.7 Å². The Kier molecular flexibility index (Phi) is 3.60. The molecule has 0 fully saturated rings. The van der Waals surface area contributed by atoms with Gasteiger partial charge < -0.3 is 5.32 Å². The summed E-state index contributed by atoms with van der Waals surface area (Å²) in [5.74, 6) is -0.640. The van der Waals surface area contributed by atoms with Gasteiger partial charge in [0.1, 0.15) is 11.5 Å². The molecule has 0 aliphatic rings. The maximum Gasteiger partial charge on any atom is 0.270 e. The first-order chi connectivity index (χ1) is 10.3. The number of hydrogen-bond acceptors (Lipinski definition) is 2. The van der Waals surface area contributed by atoms with Crippen molar-refractivity contribution in [2.45, 2.75) is 6.54 Å². The Morgan fingerprint density at radius 3 is 2.67 bits per heavy atom. The van der Waals surface area contributed by atoms with Crippen molar-refractivity contribution in [2.24, 2.45) is 0 Å². The third-order valence-electron chi connectivity index (χ3n) is 3.29. The Labute approximate surface area is 121 Å². The van der Waals surface area contributed by atoms with E-state index < -0.39 is 0 Å². The zero-order valence-electron chi connectivity index (χ0n) is 11.2. The van der Waals surface area contributed by atoms with Crippen molar-refractivity contribution in [3.8, 4) is 0 Å². The van der Waals surface area contributed by atoms with E-state index >= 15 is 0 Å². The standard InChI is InChI=1S/C17H13FN2O/c18-15-8-4-2-6-13(15)11-20-17(21)16-14-7-3-1-5-12(14)9-10-19-16/h1-10H,11H2,(H,20,21). The van der Waals surface area contributed by atoms with E-state index in [4.69, 9.17) is 0 Å². The molecule has 0 atom stereocenters. The second-order valence-electron chi connectivity index (χ2n) is 4.65. The van der Waals surface area contributed by atoms with Gasteiger partial charge in [0.15, 0.2) is 0 Å². The summed E-state index contributed by atoms with van der Waals surface area (Å²) in [5, 5.41) is 4.44. The molecule has 0 bridgehead atoms. The molecule has 0 aliphatic heterocycles. The van der Waals surface area contributed by atoms with Crippen LogP contribution in [0.15, 0.2) is 60.8 Å². The first-order valence-corrected chi connectivity index (χ1v) is 6.61. The molecule has 2 aromatic carbocycles. The number of nitrogens with one attached hydrogen (secondary N) is 1. The van der Waals surface area contributed by atoms with Crippen LogP contribution in [0.2, 0.25) is 0 Å². The average molecular weight is 280 g/mol. The Hall–Kier alpha value is -2.75. The minimum absolute atomic E-state index is 0.135. The molecular weight excluding hydrogens is 267 g/mol. The molecule has 1 amide bonds. The van der Waals surface area contributed by atoms with Gasteiger partial charge in [-0.3, -0.25) is 9.78 Å². The first kappa shape index (κ1) is 13.2. The van der Waals surface area contributed by atoms with Crippen LogP contribution in [-0.4, -0.2) is 10.9 Å². The molecule has 0 spiro atoms. The summed E-state index contributed by atoms with van der Waals surface area (Å²) in [4.78, 5) is 16.4. The second kappa shape index (κ2) is 5.71. The Morgan fingerprint density at radius 2 is 1.81 bits per heavy atom. The van der Waals surface area contributed by atoms with Gasteiger partial charge in [-0.05, 0) is 17.5 Å². The highest BCUT2D eigenvalue weighted by Gasteiger charge is 2.11. The molecule has 0 saturated heterocycles. The van der Waals surface area contributed by atoms with Crippen LogP contribution in [0.5, 0.6) is 0 Å². The number of halogens is 1. The van der Waals surface area contributed by atoms with Crippen molar-refractivity contribution in [1.82, 2.24) is 10.3 Å². The predicted molar refractivity (Wildman–Crippen MR) is 79.3 cm³/mol. The van der Waals surface area contributed by atoms with Crippen LogP contribution in [0.1, 0.15) is 16.1 Å². The number of carbonyl (C=O) groups is 1. The van der Waals surface area contributed by atoms with Gasteiger partial charge in [-0.1, -0.05) is 42.5 Å². The van der Waals surface area contributed by atoms with E-state index in [1.54, 1.807) is 24.4 Å². The summed E-state index contributed by atoms with van der Waals surface area (Å²) in [7, 11) is 0. The second-order valence-corrected chi connectivity index (χ2v) is 4.65. The third kappa shape index (κ3) is 2.74. The molecule has 0 saturated carbocycles. The van der Waals surface area contributed by atoms with Gasteiger partial charge in [0, 0.05) is 23.7 Å². The molecule has 1 aromatic heterocycles. The Bertz CT molecular complexity index is 796. The maximum atomic E-state index is 13.5. The first-order valence-electron chi connectivity index (χ1n) is 6.61. The predicted octanol–water partition coefficient (Wildman–Crippen LogP) is 3.30. The molecular formula is C17H13FN2O.